The molecule has 2 aromatic heterocycles. The van der Waals surface area contributed by atoms with Crippen molar-refractivity contribution in [3.63, 3.8) is 0 Å². The van der Waals surface area contributed by atoms with Crippen LogP contribution in [0.5, 0.6) is 0 Å². The van der Waals surface area contributed by atoms with E-state index in [1.807, 2.05) is 0 Å². The molecule has 116 valence electrons. The summed E-state index contributed by atoms with van der Waals surface area (Å²) in [6.07, 6.45) is 4.23. The molecule has 0 saturated carbocycles. The molecule has 3 rings (SSSR count). The number of hydrogen-bond donors (Lipinski definition) is 1. The van der Waals surface area contributed by atoms with Crippen LogP contribution in [-0.2, 0) is 4.79 Å². The molecule has 1 aliphatic heterocycles. The van der Waals surface area contributed by atoms with Crippen LogP contribution in [0.15, 0.2) is 24.7 Å². The van der Waals surface area contributed by atoms with Gasteiger partial charge in [0.2, 0.25) is 11.7 Å². The van der Waals surface area contributed by atoms with Crippen LogP contribution in [0.3, 0.4) is 0 Å². The number of imidazole rings is 1. The molecule has 0 spiro atoms. The van der Waals surface area contributed by atoms with Crippen LogP contribution in [0.1, 0.15) is 17.4 Å². The van der Waals surface area contributed by atoms with E-state index >= 15 is 0 Å². The minimum Gasteiger partial charge on any atom is -0.389 e. The lowest BCUT2D eigenvalue weighted by atomic mass is 10.3. The van der Waals surface area contributed by atoms with E-state index in [2.05, 4.69) is 9.97 Å². The minimum absolute atomic E-state index is 0.106. The molecule has 2 aromatic rings. The number of nitrogens with zero attached hydrogens (tertiary/aromatic N) is 5. The number of amides is 2. The summed E-state index contributed by atoms with van der Waals surface area (Å²) in [4.78, 5) is 35.3. The van der Waals surface area contributed by atoms with E-state index in [1.54, 1.807) is 34.0 Å². The number of fused-ring (bicyclic) bond motifs is 1. The summed E-state index contributed by atoms with van der Waals surface area (Å²) in [5.41, 5.74) is 0.280. The summed E-state index contributed by atoms with van der Waals surface area (Å²) in [5, 5.41) is 9.99. The normalized spacial score (nSPS) is 19.3. The van der Waals surface area contributed by atoms with Gasteiger partial charge in [0.15, 0.2) is 0 Å². The molecule has 1 fully saturated rings. The quantitative estimate of drug-likeness (QED) is 0.759. The van der Waals surface area contributed by atoms with E-state index in [0.29, 0.717) is 18.9 Å². The molecular formula is C14H17N5O3. The van der Waals surface area contributed by atoms with Crippen LogP contribution in [0, 0.1) is 0 Å². The zero-order valence-corrected chi connectivity index (χ0v) is 12.2. The maximum Gasteiger partial charge on any atom is 0.274 e. The van der Waals surface area contributed by atoms with Crippen LogP contribution in [-0.4, -0.2) is 73.4 Å². The van der Waals surface area contributed by atoms with E-state index < -0.39 is 6.10 Å². The molecule has 1 saturated heterocycles. The Morgan fingerprint density at radius 2 is 2.00 bits per heavy atom. The Bertz CT molecular complexity index is 680. The SMILES string of the molecule is CC(=O)N1CCN(C(=O)c2cn3cccnc3n2)CC(O)C1. The Labute approximate surface area is 127 Å². The average molecular weight is 303 g/mol. The number of aliphatic hydroxyl groups excluding tert-OH is 1. The lowest BCUT2D eigenvalue weighted by molar-refractivity contribution is -0.129. The summed E-state index contributed by atoms with van der Waals surface area (Å²) < 4.78 is 1.67. The van der Waals surface area contributed by atoms with Gasteiger partial charge in [-0.15, -0.1) is 0 Å². The van der Waals surface area contributed by atoms with Crippen molar-refractivity contribution in [3.8, 4) is 0 Å². The van der Waals surface area contributed by atoms with E-state index in [4.69, 9.17) is 0 Å². The van der Waals surface area contributed by atoms with Gasteiger partial charge < -0.3 is 14.9 Å². The van der Waals surface area contributed by atoms with Crippen molar-refractivity contribution in [3.05, 3.63) is 30.4 Å². The Kier molecular flexibility index (Phi) is 3.76. The fourth-order valence-electron chi connectivity index (χ4n) is 2.56. The van der Waals surface area contributed by atoms with Gasteiger partial charge in [0.1, 0.15) is 5.69 Å². The summed E-state index contributed by atoms with van der Waals surface area (Å²) in [5.74, 6) is 0.0758. The number of β-amino-alcohol motifs (C(OH)–C–C–N with tert-alkyl or cyclic N) is 1. The maximum atomic E-state index is 12.6. The van der Waals surface area contributed by atoms with E-state index in [-0.39, 0.29) is 30.6 Å². The lowest BCUT2D eigenvalue weighted by Gasteiger charge is -2.20. The molecule has 1 atom stereocenters. The number of carbonyl (C=O) groups is 2. The topological polar surface area (TPSA) is 91.0 Å². The Balaban J connectivity index is 1.80. The first-order valence-electron chi connectivity index (χ1n) is 7.07. The van der Waals surface area contributed by atoms with Gasteiger partial charge in [-0.3, -0.25) is 14.0 Å². The monoisotopic (exact) mass is 303 g/mol. The standard InChI is InChI=1S/C14H17N5O3/c1-10(20)17-5-6-18(8-11(21)7-17)13(22)12-9-19-4-2-3-15-14(19)16-12/h2-4,9,11,21H,5-8H2,1H3. The number of aliphatic hydroxyl groups is 1. The van der Waals surface area contributed by atoms with Gasteiger partial charge in [-0.05, 0) is 6.07 Å². The highest BCUT2D eigenvalue weighted by molar-refractivity contribution is 5.92. The van der Waals surface area contributed by atoms with Crippen LogP contribution >= 0.6 is 0 Å². The number of hydrogen-bond acceptors (Lipinski definition) is 5. The van der Waals surface area contributed by atoms with Crippen LogP contribution in [0.25, 0.3) is 5.78 Å². The van der Waals surface area contributed by atoms with Crippen LogP contribution in [0.2, 0.25) is 0 Å². The zero-order valence-electron chi connectivity index (χ0n) is 12.2. The van der Waals surface area contributed by atoms with Gasteiger partial charge in [-0.2, -0.15) is 0 Å². The zero-order chi connectivity index (χ0) is 15.7. The van der Waals surface area contributed by atoms with Gasteiger partial charge in [0.25, 0.3) is 5.91 Å². The molecule has 1 N–H and O–H groups in total. The summed E-state index contributed by atoms with van der Waals surface area (Å²) in [6.45, 7) is 2.66. The van der Waals surface area contributed by atoms with Crippen LogP contribution < -0.4 is 0 Å². The second-order valence-corrected chi connectivity index (χ2v) is 5.32. The van der Waals surface area contributed by atoms with Crippen molar-refractivity contribution in [2.45, 2.75) is 13.0 Å². The molecule has 2 amide bonds. The third-order valence-electron chi connectivity index (χ3n) is 3.69. The average Bonchev–Trinajstić information content (AvgIpc) is 2.82. The Morgan fingerprint density at radius 3 is 2.73 bits per heavy atom. The number of carbonyl (C=O) groups excluding carboxylic acids is 2. The second-order valence-electron chi connectivity index (χ2n) is 5.32. The molecule has 8 nitrogen and oxygen atoms in total. The fraction of sp³-hybridized carbons (Fsp3) is 0.429. The van der Waals surface area contributed by atoms with Crippen molar-refractivity contribution in [2.75, 3.05) is 26.2 Å². The predicted molar refractivity (Wildman–Crippen MR) is 77.2 cm³/mol. The Hall–Kier alpha value is -2.48. The largest absolute Gasteiger partial charge is 0.389 e. The van der Waals surface area contributed by atoms with Crippen molar-refractivity contribution >= 4 is 17.6 Å². The molecule has 22 heavy (non-hydrogen) atoms. The third-order valence-corrected chi connectivity index (χ3v) is 3.69. The van der Waals surface area contributed by atoms with Crippen LogP contribution in [0.4, 0.5) is 0 Å². The first kappa shape index (κ1) is 14.5. The van der Waals surface area contributed by atoms with Gasteiger partial charge in [0, 0.05) is 51.7 Å². The Morgan fingerprint density at radius 1 is 1.27 bits per heavy atom. The van der Waals surface area contributed by atoms with Crippen molar-refractivity contribution < 1.29 is 14.7 Å². The van der Waals surface area contributed by atoms with Crippen molar-refractivity contribution in [1.82, 2.24) is 24.2 Å². The highest BCUT2D eigenvalue weighted by Gasteiger charge is 2.27. The lowest BCUT2D eigenvalue weighted by Crippen LogP contribution is -2.37. The maximum absolute atomic E-state index is 12.6. The van der Waals surface area contributed by atoms with Gasteiger partial charge in [-0.25, -0.2) is 9.97 Å². The third kappa shape index (κ3) is 2.77. The minimum atomic E-state index is -0.759. The highest BCUT2D eigenvalue weighted by atomic mass is 16.3. The molecular weight excluding hydrogens is 286 g/mol. The molecule has 1 aliphatic rings. The van der Waals surface area contributed by atoms with Gasteiger partial charge in [-0.1, -0.05) is 0 Å². The van der Waals surface area contributed by atoms with Crippen molar-refractivity contribution in [1.29, 1.82) is 0 Å². The van der Waals surface area contributed by atoms with E-state index in [1.165, 1.54) is 11.8 Å². The van der Waals surface area contributed by atoms with Crippen molar-refractivity contribution in [2.24, 2.45) is 0 Å². The van der Waals surface area contributed by atoms with Gasteiger partial charge in [0.05, 0.1) is 6.10 Å². The predicted octanol–water partition coefficient (Wildman–Crippen LogP) is -0.606. The highest BCUT2D eigenvalue weighted by Crippen LogP contribution is 2.10. The first-order chi connectivity index (χ1) is 10.5. The fourth-order valence-corrected chi connectivity index (χ4v) is 2.56. The molecule has 0 aliphatic carbocycles. The molecule has 3 heterocycles. The first-order valence-corrected chi connectivity index (χ1v) is 7.07. The molecule has 0 aromatic carbocycles. The van der Waals surface area contributed by atoms with E-state index in [0.717, 1.165) is 0 Å². The molecule has 0 radical (unpaired) electrons. The summed E-state index contributed by atoms with van der Waals surface area (Å²) in [7, 11) is 0. The van der Waals surface area contributed by atoms with Gasteiger partial charge >= 0.3 is 0 Å². The molecule has 8 heteroatoms. The second kappa shape index (κ2) is 5.72. The summed E-state index contributed by atoms with van der Waals surface area (Å²) in [6, 6.07) is 1.75. The molecule has 1 unspecified atom stereocenters. The molecule has 0 bridgehead atoms. The smallest absolute Gasteiger partial charge is 0.274 e. The van der Waals surface area contributed by atoms with E-state index in [9.17, 15) is 14.7 Å². The number of rotatable bonds is 1. The summed E-state index contributed by atoms with van der Waals surface area (Å²) >= 11 is 0. The number of aromatic nitrogens is 3.